The van der Waals surface area contributed by atoms with E-state index in [1.54, 1.807) is 24.3 Å². The van der Waals surface area contributed by atoms with Crippen LogP contribution in [-0.2, 0) is 21.4 Å². The average Bonchev–Trinajstić information content (AvgIpc) is 3.58. The van der Waals surface area contributed by atoms with Gasteiger partial charge in [0, 0.05) is 49.9 Å². The van der Waals surface area contributed by atoms with E-state index >= 15 is 0 Å². The van der Waals surface area contributed by atoms with Gasteiger partial charge in [-0.3, -0.25) is 14.2 Å². The molecule has 0 unspecified atom stereocenters. The lowest BCUT2D eigenvalue weighted by Gasteiger charge is -2.43. The highest BCUT2D eigenvalue weighted by atomic mass is 32.2. The van der Waals surface area contributed by atoms with E-state index in [1.807, 2.05) is 59.2 Å². The molecule has 0 bridgehead atoms. The molecule has 0 saturated carbocycles. The van der Waals surface area contributed by atoms with Gasteiger partial charge in [0.2, 0.25) is 15.9 Å². The van der Waals surface area contributed by atoms with Gasteiger partial charge in [0.1, 0.15) is 22.8 Å². The fourth-order valence-corrected chi connectivity index (χ4v) is 8.78. The Bertz CT molecular complexity index is 2180. The molecule has 7 rings (SSSR count). The van der Waals surface area contributed by atoms with Crippen LogP contribution in [0.15, 0.2) is 107 Å². The van der Waals surface area contributed by atoms with E-state index in [9.17, 15) is 27.5 Å². The van der Waals surface area contributed by atoms with Gasteiger partial charge in [0.05, 0.1) is 24.6 Å². The molecule has 0 spiro atoms. The summed E-state index contributed by atoms with van der Waals surface area (Å²) in [6, 6.07) is 23.8. The van der Waals surface area contributed by atoms with E-state index in [-0.39, 0.29) is 68.3 Å². The standard InChI is InChI=1S/C37H38FN5O6S/c1-49-28-13-11-27(12-14-28)43-20-16-30-34(43)39-25-41(36(30)45)24-37(46)17-21-40(22-18-37)35(44)29-15-19-42(23-31(29)26-7-3-2-4-8-26)50(47,48)33-10-6-5-9-32(33)38/h2-14,16,20,25,29,31,46H,15,17-19,21-24H2,1H3/t29-,31+/m1/s1. The second kappa shape index (κ2) is 13.5. The van der Waals surface area contributed by atoms with Gasteiger partial charge >= 0.3 is 0 Å². The van der Waals surface area contributed by atoms with Crippen molar-refractivity contribution >= 4 is 27.0 Å². The Morgan fingerprint density at radius 1 is 0.980 bits per heavy atom. The molecule has 4 heterocycles. The maximum Gasteiger partial charge on any atom is 0.262 e. The zero-order valence-corrected chi connectivity index (χ0v) is 28.4. The van der Waals surface area contributed by atoms with Crippen LogP contribution >= 0.6 is 0 Å². The number of benzene rings is 3. The molecule has 11 nitrogen and oxygen atoms in total. The number of piperidine rings is 2. The maximum atomic E-state index is 14.6. The second-order valence-corrected chi connectivity index (χ2v) is 15.0. The highest BCUT2D eigenvalue weighted by molar-refractivity contribution is 7.89. The minimum Gasteiger partial charge on any atom is -0.497 e. The quantitative estimate of drug-likeness (QED) is 0.258. The molecule has 1 amide bonds. The summed E-state index contributed by atoms with van der Waals surface area (Å²) in [6.07, 6.45) is 4.02. The fourth-order valence-electron chi connectivity index (χ4n) is 7.24. The Morgan fingerprint density at radius 3 is 2.38 bits per heavy atom. The largest absolute Gasteiger partial charge is 0.497 e. The van der Waals surface area contributed by atoms with E-state index in [1.165, 1.54) is 33.4 Å². The van der Waals surface area contributed by atoms with Crippen molar-refractivity contribution in [3.8, 4) is 11.4 Å². The third kappa shape index (κ3) is 6.32. The number of sulfonamides is 1. The van der Waals surface area contributed by atoms with Gasteiger partial charge < -0.3 is 19.3 Å². The molecular formula is C37H38FN5O6S. The number of hydrogen-bond donors (Lipinski definition) is 1. The number of rotatable bonds is 8. The van der Waals surface area contributed by atoms with E-state index in [2.05, 4.69) is 4.98 Å². The van der Waals surface area contributed by atoms with Gasteiger partial charge in [-0.1, -0.05) is 42.5 Å². The van der Waals surface area contributed by atoms with Crippen molar-refractivity contribution in [1.82, 2.24) is 23.3 Å². The summed E-state index contributed by atoms with van der Waals surface area (Å²) in [6.45, 7) is 0.704. The van der Waals surface area contributed by atoms with E-state index in [0.717, 1.165) is 23.1 Å². The molecule has 3 aromatic carbocycles. The van der Waals surface area contributed by atoms with E-state index in [4.69, 9.17) is 4.74 Å². The highest BCUT2D eigenvalue weighted by Crippen LogP contribution is 2.37. The first-order valence-corrected chi connectivity index (χ1v) is 18.0. The Labute approximate surface area is 289 Å². The average molecular weight is 700 g/mol. The number of fused-ring (bicyclic) bond motifs is 1. The van der Waals surface area contributed by atoms with Gasteiger partial charge in [-0.25, -0.2) is 17.8 Å². The molecule has 2 saturated heterocycles. The lowest BCUT2D eigenvalue weighted by molar-refractivity contribution is -0.142. The van der Waals surface area contributed by atoms with Gasteiger partial charge in [-0.2, -0.15) is 4.31 Å². The van der Waals surface area contributed by atoms with Crippen LogP contribution in [0.4, 0.5) is 4.39 Å². The number of nitrogens with zero attached hydrogens (tertiary/aromatic N) is 5. The first kappa shape index (κ1) is 33.6. The van der Waals surface area contributed by atoms with Gasteiger partial charge in [-0.15, -0.1) is 0 Å². The first-order chi connectivity index (χ1) is 24.1. The summed E-state index contributed by atoms with van der Waals surface area (Å²) in [5.41, 5.74) is 0.662. The number of carbonyl (C=O) groups excluding carboxylic acids is 1. The molecule has 1 N–H and O–H groups in total. The van der Waals surface area contributed by atoms with Gasteiger partial charge in [0.15, 0.2) is 5.65 Å². The Morgan fingerprint density at radius 2 is 1.68 bits per heavy atom. The molecule has 260 valence electrons. The van der Waals surface area contributed by atoms with Crippen molar-refractivity contribution in [1.29, 1.82) is 0 Å². The van der Waals surface area contributed by atoms with Crippen LogP contribution in [0.3, 0.4) is 0 Å². The molecule has 2 fully saturated rings. The number of amides is 1. The van der Waals surface area contributed by atoms with Crippen LogP contribution in [0.2, 0.25) is 0 Å². The number of carbonyl (C=O) groups is 1. The summed E-state index contributed by atoms with van der Waals surface area (Å²) in [5, 5.41) is 12.0. The number of halogens is 1. The zero-order chi connectivity index (χ0) is 35.0. The van der Waals surface area contributed by atoms with Crippen LogP contribution in [0.1, 0.15) is 30.7 Å². The smallest absolute Gasteiger partial charge is 0.262 e. The number of likely N-dealkylation sites (tertiary alicyclic amines) is 1. The molecule has 2 aliphatic heterocycles. The van der Waals surface area contributed by atoms with Crippen molar-refractivity contribution in [3.63, 3.8) is 0 Å². The Kier molecular flexibility index (Phi) is 9.06. The van der Waals surface area contributed by atoms with Crippen LogP contribution < -0.4 is 10.3 Å². The van der Waals surface area contributed by atoms with Crippen LogP contribution in [0.5, 0.6) is 5.75 Å². The van der Waals surface area contributed by atoms with Crippen molar-refractivity contribution in [2.75, 3.05) is 33.3 Å². The minimum absolute atomic E-state index is 0.0312. The van der Waals surface area contributed by atoms with Crippen LogP contribution in [0, 0.1) is 11.7 Å². The number of ether oxygens (including phenoxy) is 1. The molecule has 5 aromatic rings. The van der Waals surface area contributed by atoms with E-state index < -0.39 is 33.3 Å². The Hall–Kier alpha value is -4.85. The van der Waals surface area contributed by atoms with Crippen molar-refractivity contribution in [2.24, 2.45) is 5.92 Å². The summed E-state index contributed by atoms with van der Waals surface area (Å²) in [5.74, 6) is -1.15. The summed E-state index contributed by atoms with van der Waals surface area (Å²) in [4.78, 5) is 33.5. The molecular weight excluding hydrogens is 662 g/mol. The molecule has 0 radical (unpaired) electrons. The number of aromatic nitrogens is 3. The predicted molar refractivity (Wildman–Crippen MR) is 185 cm³/mol. The third-order valence-corrected chi connectivity index (χ3v) is 12.0. The highest BCUT2D eigenvalue weighted by Gasteiger charge is 2.43. The van der Waals surface area contributed by atoms with Crippen molar-refractivity contribution in [2.45, 2.75) is 42.2 Å². The lowest BCUT2D eigenvalue weighted by atomic mass is 9.80. The zero-order valence-electron chi connectivity index (χ0n) is 27.6. The molecule has 0 aliphatic carbocycles. The number of aliphatic hydroxyl groups is 1. The van der Waals surface area contributed by atoms with Gasteiger partial charge in [-0.05, 0) is 67.3 Å². The topological polar surface area (TPSA) is 127 Å². The number of methoxy groups -OCH3 is 1. The van der Waals surface area contributed by atoms with Gasteiger partial charge in [0.25, 0.3) is 5.56 Å². The van der Waals surface area contributed by atoms with Crippen molar-refractivity contribution < 1.29 is 27.4 Å². The molecule has 2 aliphatic rings. The second-order valence-electron chi connectivity index (χ2n) is 13.1. The van der Waals surface area contributed by atoms with Crippen molar-refractivity contribution in [3.05, 3.63) is 119 Å². The Balaban J connectivity index is 1.05. The minimum atomic E-state index is -4.12. The van der Waals surface area contributed by atoms with Crippen LogP contribution in [0.25, 0.3) is 16.7 Å². The lowest BCUT2D eigenvalue weighted by Crippen LogP contribution is -2.53. The fraction of sp³-hybridized carbons (Fsp3) is 0.324. The normalized spacial score (nSPS) is 19.8. The first-order valence-electron chi connectivity index (χ1n) is 16.6. The molecule has 13 heteroatoms. The van der Waals surface area contributed by atoms with E-state index in [0.29, 0.717) is 11.0 Å². The monoisotopic (exact) mass is 699 g/mol. The molecule has 2 atom stereocenters. The third-order valence-electron chi connectivity index (χ3n) is 10.1. The summed E-state index contributed by atoms with van der Waals surface area (Å²) < 4.78 is 51.3. The number of hydrogen-bond acceptors (Lipinski definition) is 7. The predicted octanol–water partition coefficient (Wildman–Crippen LogP) is 4.18. The molecule has 50 heavy (non-hydrogen) atoms. The molecule has 2 aromatic heterocycles. The van der Waals surface area contributed by atoms with Crippen LogP contribution in [-0.4, -0.2) is 81.6 Å². The summed E-state index contributed by atoms with van der Waals surface area (Å²) >= 11 is 0. The SMILES string of the molecule is COc1ccc(-n2ccc3c(=O)n(CC4(O)CCN(C(=O)[C@@H]5CCN(S(=O)(=O)c6ccccc6F)C[C@H]5c5ccccc5)CC4)cnc32)cc1. The summed E-state index contributed by atoms with van der Waals surface area (Å²) in [7, 11) is -2.53. The maximum absolute atomic E-state index is 14.6.